The molecule has 0 saturated carbocycles. The third-order valence-electron chi connectivity index (χ3n) is 3.75. The number of nitrogens with zero attached hydrogens (tertiary/aromatic N) is 2. The summed E-state index contributed by atoms with van der Waals surface area (Å²) < 4.78 is 1.56. The minimum absolute atomic E-state index is 0.194. The minimum atomic E-state index is -0.598. The molecule has 7 heteroatoms. The zero-order chi connectivity index (χ0) is 15.9. The number of aryl methyl sites for hydroxylation is 1. The molecular formula is C15H16N4O3. The summed E-state index contributed by atoms with van der Waals surface area (Å²) in [5, 5.41) is 13.9. The number of hydrogen-bond donors (Lipinski definition) is 3. The monoisotopic (exact) mass is 300 g/mol. The Morgan fingerprint density at radius 2 is 1.91 bits per heavy atom. The van der Waals surface area contributed by atoms with Gasteiger partial charge < -0.3 is 5.11 Å². The number of hydrogen-bond acceptors (Lipinski definition) is 4. The number of nitrogens with one attached hydrogen (secondary N) is 2. The summed E-state index contributed by atoms with van der Waals surface area (Å²) in [6, 6.07) is 7.72. The first-order valence-corrected chi connectivity index (χ1v) is 6.92. The van der Waals surface area contributed by atoms with Crippen LogP contribution >= 0.6 is 0 Å². The molecule has 0 bridgehead atoms. The Kier molecular flexibility index (Phi) is 3.42. The molecule has 0 radical (unpaired) electrons. The van der Waals surface area contributed by atoms with Crippen molar-refractivity contribution >= 4 is 11.0 Å². The van der Waals surface area contributed by atoms with Crippen molar-refractivity contribution in [2.24, 2.45) is 0 Å². The second-order valence-corrected chi connectivity index (χ2v) is 5.27. The summed E-state index contributed by atoms with van der Waals surface area (Å²) in [5.74, 6) is 0. The number of rotatable bonds is 3. The maximum atomic E-state index is 12.0. The maximum Gasteiger partial charge on any atom is 0.327 e. The molecule has 1 unspecified atom stereocenters. The Balaban J connectivity index is 2.24. The molecule has 0 aliphatic heterocycles. The molecule has 0 aliphatic rings. The summed E-state index contributed by atoms with van der Waals surface area (Å²) in [5.41, 5.74) is 1.53. The second kappa shape index (κ2) is 5.27. The molecule has 0 amide bonds. The summed E-state index contributed by atoms with van der Waals surface area (Å²) >= 11 is 0. The highest BCUT2D eigenvalue weighted by Gasteiger charge is 2.19. The van der Waals surface area contributed by atoms with E-state index < -0.39 is 11.2 Å². The van der Waals surface area contributed by atoms with Crippen LogP contribution in [0.2, 0.25) is 0 Å². The molecule has 114 valence electrons. The number of aromatic nitrogens is 4. The van der Waals surface area contributed by atoms with Gasteiger partial charge in [0.15, 0.2) is 0 Å². The Morgan fingerprint density at radius 3 is 2.55 bits per heavy atom. The molecule has 7 nitrogen and oxygen atoms in total. The van der Waals surface area contributed by atoms with Crippen LogP contribution in [0.1, 0.15) is 29.8 Å². The predicted molar refractivity (Wildman–Crippen MR) is 81.9 cm³/mol. The third kappa shape index (κ3) is 2.25. The van der Waals surface area contributed by atoms with Crippen molar-refractivity contribution in [2.75, 3.05) is 0 Å². The van der Waals surface area contributed by atoms with Crippen LogP contribution in [0.4, 0.5) is 0 Å². The lowest BCUT2D eigenvalue weighted by Gasteiger charge is -2.13. The van der Waals surface area contributed by atoms with Gasteiger partial charge in [-0.15, -0.1) is 0 Å². The van der Waals surface area contributed by atoms with Crippen molar-refractivity contribution in [1.82, 2.24) is 19.7 Å². The van der Waals surface area contributed by atoms with E-state index in [0.29, 0.717) is 5.65 Å². The third-order valence-corrected chi connectivity index (χ3v) is 3.75. The van der Waals surface area contributed by atoms with Crippen LogP contribution < -0.4 is 11.2 Å². The maximum absolute atomic E-state index is 12.0. The van der Waals surface area contributed by atoms with E-state index in [9.17, 15) is 14.7 Å². The molecule has 1 atom stereocenters. The van der Waals surface area contributed by atoms with Gasteiger partial charge in [0.05, 0.1) is 12.6 Å². The Bertz CT molecular complexity index is 934. The summed E-state index contributed by atoms with van der Waals surface area (Å²) in [4.78, 5) is 28.2. The van der Waals surface area contributed by atoms with Gasteiger partial charge in [0, 0.05) is 0 Å². The number of aliphatic hydroxyl groups excluding tert-OH is 1. The summed E-state index contributed by atoms with van der Waals surface area (Å²) in [6.07, 6.45) is 0. The molecule has 0 fully saturated rings. The van der Waals surface area contributed by atoms with Gasteiger partial charge in [-0.2, -0.15) is 5.10 Å². The van der Waals surface area contributed by atoms with Crippen molar-refractivity contribution in [3.8, 4) is 0 Å². The molecule has 0 saturated heterocycles. The molecule has 22 heavy (non-hydrogen) atoms. The van der Waals surface area contributed by atoms with Gasteiger partial charge in [-0.05, 0) is 19.4 Å². The van der Waals surface area contributed by atoms with E-state index in [1.165, 1.54) is 0 Å². The van der Waals surface area contributed by atoms with E-state index in [1.807, 2.05) is 38.1 Å². The highest BCUT2D eigenvalue weighted by atomic mass is 16.3. The van der Waals surface area contributed by atoms with Gasteiger partial charge in [-0.1, -0.05) is 29.8 Å². The molecular weight excluding hydrogens is 284 g/mol. The zero-order valence-electron chi connectivity index (χ0n) is 12.3. The van der Waals surface area contributed by atoms with Gasteiger partial charge in [-0.3, -0.25) is 14.8 Å². The van der Waals surface area contributed by atoms with Crippen molar-refractivity contribution in [2.45, 2.75) is 26.5 Å². The molecule has 2 aromatic heterocycles. The van der Waals surface area contributed by atoms with E-state index in [-0.39, 0.29) is 23.7 Å². The molecule has 3 aromatic rings. The smallest absolute Gasteiger partial charge is 0.327 e. The number of aliphatic hydroxyl groups is 1. The SMILES string of the molecule is Cc1ccc(C(C)n2nc(CO)c3c(=O)[nH]c(=O)[nH]c32)cc1. The average Bonchev–Trinajstić information content (AvgIpc) is 2.86. The van der Waals surface area contributed by atoms with E-state index in [2.05, 4.69) is 15.1 Å². The summed E-state index contributed by atoms with van der Waals surface area (Å²) in [6.45, 7) is 3.54. The Hall–Kier alpha value is -2.67. The highest BCUT2D eigenvalue weighted by molar-refractivity contribution is 5.77. The fraction of sp³-hybridized carbons (Fsp3) is 0.267. The first-order valence-electron chi connectivity index (χ1n) is 6.92. The normalized spacial score (nSPS) is 12.7. The molecule has 0 aliphatic carbocycles. The van der Waals surface area contributed by atoms with Crippen LogP contribution in [0.25, 0.3) is 11.0 Å². The molecule has 2 heterocycles. The lowest BCUT2D eigenvalue weighted by atomic mass is 10.1. The molecule has 0 spiro atoms. The minimum Gasteiger partial charge on any atom is -0.390 e. The van der Waals surface area contributed by atoms with Crippen LogP contribution in [0, 0.1) is 6.92 Å². The first-order chi connectivity index (χ1) is 10.5. The molecule has 1 aromatic carbocycles. The van der Waals surface area contributed by atoms with Crippen molar-refractivity contribution in [1.29, 1.82) is 0 Å². The van der Waals surface area contributed by atoms with E-state index in [4.69, 9.17) is 0 Å². The molecule has 3 rings (SSSR count). The Morgan fingerprint density at radius 1 is 1.23 bits per heavy atom. The highest BCUT2D eigenvalue weighted by Crippen LogP contribution is 2.22. The number of fused-ring (bicyclic) bond motifs is 1. The van der Waals surface area contributed by atoms with Gasteiger partial charge in [0.25, 0.3) is 5.56 Å². The van der Waals surface area contributed by atoms with Crippen LogP contribution in [-0.4, -0.2) is 24.9 Å². The Labute approximate surface area is 125 Å². The standard InChI is InChI=1S/C15H16N4O3/c1-8-3-5-10(6-4-8)9(2)19-13-12(11(7-20)18-19)14(21)17-15(22)16-13/h3-6,9,20H,7H2,1-2H3,(H2,16,17,21,22). The van der Waals surface area contributed by atoms with Crippen molar-refractivity contribution < 1.29 is 5.11 Å². The van der Waals surface area contributed by atoms with E-state index >= 15 is 0 Å². The van der Waals surface area contributed by atoms with Crippen molar-refractivity contribution in [3.05, 3.63) is 61.9 Å². The van der Waals surface area contributed by atoms with Crippen molar-refractivity contribution in [3.63, 3.8) is 0 Å². The van der Waals surface area contributed by atoms with Gasteiger partial charge >= 0.3 is 5.69 Å². The van der Waals surface area contributed by atoms with Gasteiger partial charge in [-0.25, -0.2) is 9.48 Å². The van der Waals surface area contributed by atoms with Gasteiger partial charge in [0.1, 0.15) is 16.7 Å². The topological polar surface area (TPSA) is 104 Å². The zero-order valence-corrected chi connectivity index (χ0v) is 12.3. The predicted octanol–water partition coefficient (Wildman–Crippen LogP) is 0.823. The fourth-order valence-electron chi connectivity index (χ4n) is 2.52. The van der Waals surface area contributed by atoms with E-state index in [0.717, 1.165) is 11.1 Å². The largest absolute Gasteiger partial charge is 0.390 e. The number of benzene rings is 1. The number of aromatic amines is 2. The molecule has 3 N–H and O–H groups in total. The van der Waals surface area contributed by atoms with Crippen LogP contribution in [0.3, 0.4) is 0 Å². The average molecular weight is 300 g/mol. The number of H-pyrrole nitrogens is 2. The van der Waals surface area contributed by atoms with Crippen LogP contribution in [-0.2, 0) is 6.61 Å². The quantitative estimate of drug-likeness (QED) is 0.666. The van der Waals surface area contributed by atoms with Gasteiger partial charge in [0.2, 0.25) is 0 Å². The lowest BCUT2D eigenvalue weighted by molar-refractivity contribution is 0.276. The lowest BCUT2D eigenvalue weighted by Crippen LogP contribution is -2.23. The van der Waals surface area contributed by atoms with E-state index in [1.54, 1.807) is 4.68 Å². The summed E-state index contributed by atoms with van der Waals surface area (Å²) in [7, 11) is 0. The first kappa shape index (κ1) is 14.3. The van der Waals surface area contributed by atoms with Crippen LogP contribution in [0.5, 0.6) is 0 Å². The second-order valence-electron chi connectivity index (χ2n) is 5.27. The van der Waals surface area contributed by atoms with Crippen LogP contribution in [0.15, 0.2) is 33.9 Å². The fourth-order valence-corrected chi connectivity index (χ4v) is 2.52.